The molecule has 1 aliphatic rings. The van der Waals surface area contributed by atoms with Crippen LogP contribution in [0.5, 0.6) is 0 Å². The highest BCUT2D eigenvalue weighted by atomic mass is 32.2. The minimum absolute atomic E-state index is 0.0748. The Bertz CT molecular complexity index is 676. The Balaban J connectivity index is 2.39. The molecule has 0 aromatic heterocycles. The van der Waals surface area contributed by atoms with Gasteiger partial charge in [-0.2, -0.15) is 0 Å². The summed E-state index contributed by atoms with van der Waals surface area (Å²) in [4.78, 5) is 12.0. The van der Waals surface area contributed by atoms with E-state index >= 15 is 0 Å². The minimum atomic E-state index is -3.99. The van der Waals surface area contributed by atoms with Gasteiger partial charge in [-0.25, -0.2) is 17.9 Å². The van der Waals surface area contributed by atoms with E-state index in [9.17, 15) is 17.6 Å². The van der Waals surface area contributed by atoms with Gasteiger partial charge in [0.2, 0.25) is 10.0 Å². The molecular formula is C14H19FN2O3S. The number of carbonyl (C=O) groups is 1. The van der Waals surface area contributed by atoms with Crippen molar-refractivity contribution in [1.29, 1.82) is 0 Å². The molecule has 0 radical (unpaired) electrons. The standard InChI is InChI=1S/C14H19FN2O3S/c1-3-14(5-4-6-14)17-13(18)11-8-10(21(16,19)20)7-9(2)12(11)15/h7-8H,3-6H2,1-2H3,(H,17,18)(H2,16,19,20). The molecule has 1 saturated carbocycles. The number of hydrogen-bond donors (Lipinski definition) is 2. The molecule has 0 heterocycles. The quantitative estimate of drug-likeness (QED) is 0.888. The van der Waals surface area contributed by atoms with Gasteiger partial charge in [-0.15, -0.1) is 0 Å². The van der Waals surface area contributed by atoms with Crippen LogP contribution in [0.4, 0.5) is 4.39 Å². The lowest BCUT2D eigenvalue weighted by atomic mass is 9.74. The number of aryl methyl sites for hydroxylation is 1. The molecule has 5 nitrogen and oxygen atoms in total. The van der Waals surface area contributed by atoms with Gasteiger partial charge in [0, 0.05) is 5.54 Å². The van der Waals surface area contributed by atoms with Crippen LogP contribution in [0.25, 0.3) is 0 Å². The van der Waals surface area contributed by atoms with Crippen LogP contribution < -0.4 is 10.5 Å². The molecule has 0 bridgehead atoms. The molecule has 0 saturated heterocycles. The van der Waals surface area contributed by atoms with E-state index in [1.165, 1.54) is 6.92 Å². The average molecular weight is 314 g/mol. The Morgan fingerprint density at radius 1 is 1.43 bits per heavy atom. The van der Waals surface area contributed by atoms with Gasteiger partial charge in [0.1, 0.15) is 5.82 Å². The van der Waals surface area contributed by atoms with Gasteiger partial charge >= 0.3 is 0 Å². The van der Waals surface area contributed by atoms with Gasteiger partial charge < -0.3 is 5.32 Å². The number of sulfonamides is 1. The molecule has 0 aliphatic heterocycles. The topological polar surface area (TPSA) is 89.3 Å². The molecular weight excluding hydrogens is 295 g/mol. The Labute approximate surface area is 123 Å². The van der Waals surface area contributed by atoms with Crippen molar-refractivity contribution in [1.82, 2.24) is 5.32 Å². The number of halogens is 1. The SMILES string of the molecule is CCC1(NC(=O)c2cc(S(N)(=O)=O)cc(C)c2F)CCC1. The lowest BCUT2D eigenvalue weighted by Crippen LogP contribution is -2.53. The maximum atomic E-state index is 14.1. The van der Waals surface area contributed by atoms with Crippen molar-refractivity contribution in [3.63, 3.8) is 0 Å². The normalized spacial score (nSPS) is 17.1. The van der Waals surface area contributed by atoms with Crippen LogP contribution in [0.3, 0.4) is 0 Å². The van der Waals surface area contributed by atoms with Crippen molar-refractivity contribution in [3.8, 4) is 0 Å². The van der Waals surface area contributed by atoms with Gasteiger partial charge in [0.25, 0.3) is 5.91 Å². The zero-order chi connectivity index (χ0) is 15.8. The molecule has 1 aliphatic carbocycles. The highest BCUT2D eigenvalue weighted by molar-refractivity contribution is 7.89. The van der Waals surface area contributed by atoms with E-state index in [4.69, 9.17) is 5.14 Å². The summed E-state index contributed by atoms with van der Waals surface area (Å²) in [6.07, 6.45) is 3.48. The molecule has 0 spiro atoms. The molecule has 7 heteroatoms. The van der Waals surface area contributed by atoms with Crippen molar-refractivity contribution >= 4 is 15.9 Å². The van der Waals surface area contributed by atoms with Crippen molar-refractivity contribution in [3.05, 3.63) is 29.1 Å². The number of carbonyl (C=O) groups excluding carboxylic acids is 1. The Kier molecular flexibility index (Phi) is 4.08. The van der Waals surface area contributed by atoms with Gasteiger partial charge in [-0.3, -0.25) is 4.79 Å². The van der Waals surface area contributed by atoms with E-state index in [0.717, 1.165) is 37.8 Å². The lowest BCUT2D eigenvalue weighted by Gasteiger charge is -2.42. The number of nitrogens with one attached hydrogen (secondary N) is 1. The van der Waals surface area contributed by atoms with Crippen molar-refractivity contribution in [2.45, 2.75) is 50.0 Å². The van der Waals surface area contributed by atoms with E-state index in [-0.39, 0.29) is 21.6 Å². The van der Waals surface area contributed by atoms with Gasteiger partial charge in [0.15, 0.2) is 0 Å². The van der Waals surface area contributed by atoms with Crippen molar-refractivity contribution in [2.24, 2.45) is 5.14 Å². The first-order valence-corrected chi connectivity index (χ1v) is 8.39. The molecule has 1 aromatic carbocycles. The average Bonchev–Trinajstić information content (AvgIpc) is 2.35. The second-order valence-corrected chi connectivity index (χ2v) is 7.15. The zero-order valence-electron chi connectivity index (χ0n) is 12.1. The maximum absolute atomic E-state index is 14.1. The van der Waals surface area contributed by atoms with Crippen LogP contribution in [0, 0.1) is 12.7 Å². The summed E-state index contributed by atoms with van der Waals surface area (Å²) >= 11 is 0. The van der Waals surface area contributed by atoms with E-state index < -0.39 is 21.7 Å². The second kappa shape index (κ2) is 5.38. The fraction of sp³-hybridized carbons (Fsp3) is 0.500. The number of rotatable bonds is 4. The van der Waals surface area contributed by atoms with E-state index in [0.29, 0.717) is 0 Å². The molecule has 2 rings (SSSR count). The van der Waals surface area contributed by atoms with E-state index in [2.05, 4.69) is 5.32 Å². The van der Waals surface area contributed by atoms with Crippen LogP contribution in [-0.2, 0) is 10.0 Å². The first-order valence-electron chi connectivity index (χ1n) is 6.84. The van der Waals surface area contributed by atoms with Gasteiger partial charge in [-0.1, -0.05) is 6.92 Å². The predicted octanol–water partition coefficient (Wildman–Crippen LogP) is 1.84. The zero-order valence-corrected chi connectivity index (χ0v) is 12.9. The Morgan fingerprint density at radius 3 is 2.48 bits per heavy atom. The monoisotopic (exact) mass is 314 g/mol. The number of benzene rings is 1. The minimum Gasteiger partial charge on any atom is -0.347 e. The molecule has 0 unspecified atom stereocenters. The summed E-state index contributed by atoms with van der Waals surface area (Å²) < 4.78 is 36.9. The fourth-order valence-electron chi connectivity index (χ4n) is 2.54. The summed E-state index contributed by atoms with van der Waals surface area (Å²) in [5.74, 6) is -1.31. The van der Waals surface area contributed by atoms with E-state index in [1.807, 2.05) is 6.92 Å². The van der Waals surface area contributed by atoms with Crippen LogP contribution in [0.15, 0.2) is 17.0 Å². The first-order chi connectivity index (χ1) is 9.68. The summed E-state index contributed by atoms with van der Waals surface area (Å²) in [6.45, 7) is 3.36. The lowest BCUT2D eigenvalue weighted by molar-refractivity contribution is 0.0816. The Morgan fingerprint density at radius 2 is 2.05 bits per heavy atom. The molecule has 1 aromatic rings. The third-order valence-electron chi connectivity index (χ3n) is 4.17. The largest absolute Gasteiger partial charge is 0.347 e. The highest BCUT2D eigenvalue weighted by Crippen LogP contribution is 2.35. The summed E-state index contributed by atoms with van der Waals surface area (Å²) in [5, 5.41) is 7.88. The van der Waals surface area contributed by atoms with Crippen LogP contribution in [-0.4, -0.2) is 19.9 Å². The molecule has 0 atom stereocenters. The number of nitrogens with two attached hydrogens (primary N) is 1. The van der Waals surface area contributed by atoms with E-state index in [1.54, 1.807) is 0 Å². The van der Waals surface area contributed by atoms with Crippen molar-refractivity contribution < 1.29 is 17.6 Å². The van der Waals surface area contributed by atoms with Crippen LogP contribution in [0.2, 0.25) is 0 Å². The van der Waals surface area contributed by atoms with Crippen LogP contribution >= 0.6 is 0 Å². The smallest absolute Gasteiger partial charge is 0.254 e. The van der Waals surface area contributed by atoms with Gasteiger partial charge in [-0.05, 0) is 50.3 Å². The molecule has 21 heavy (non-hydrogen) atoms. The number of amides is 1. The summed E-state index contributed by atoms with van der Waals surface area (Å²) in [7, 11) is -3.99. The molecule has 1 fully saturated rings. The van der Waals surface area contributed by atoms with Crippen molar-refractivity contribution in [2.75, 3.05) is 0 Å². The summed E-state index contributed by atoms with van der Waals surface area (Å²) in [6, 6.07) is 2.12. The second-order valence-electron chi connectivity index (χ2n) is 5.59. The molecule has 116 valence electrons. The predicted molar refractivity (Wildman–Crippen MR) is 76.8 cm³/mol. The number of primary sulfonamides is 1. The Hall–Kier alpha value is -1.47. The third kappa shape index (κ3) is 3.08. The first kappa shape index (κ1) is 15.9. The van der Waals surface area contributed by atoms with Gasteiger partial charge in [0.05, 0.1) is 10.5 Å². The fourth-order valence-corrected chi connectivity index (χ4v) is 3.17. The number of hydrogen-bond acceptors (Lipinski definition) is 3. The van der Waals surface area contributed by atoms with Crippen LogP contribution in [0.1, 0.15) is 48.5 Å². The maximum Gasteiger partial charge on any atom is 0.254 e. The molecule has 3 N–H and O–H groups in total. The third-order valence-corrected chi connectivity index (χ3v) is 5.06. The summed E-state index contributed by atoms with van der Waals surface area (Å²) in [5.41, 5.74) is -0.501. The molecule has 1 amide bonds. The highest BCUT2D eigenvalue weighted by Gasteiger charge is 2.37.